The first-order valence-electron chi connectivity index (χ1n) is 6.01. The Morgan fingerprint density at radius 1 is 1.09 bits per heavy atom. The van der Waals surface area contributed by atoms with E-state index in [1.54, 1.807) is 6.07 Å². The minimum Gasteiger partial charge on any atom is -0.507 e. The van der Waals surface area contributed by atoms with Gasteiger partial charge in [0.15, 0.2) is 0 Å². The van der Waals surface area contributed by atoms with E-state index in [0.29, 0.717) is 27.1 Å². The second kappa shape index (κ2) is 5.07. The van der Waals surface area contributed by atoms with Gasteiger partial charge >= 0.3 is 6.18 Å². The number of halogens is 5. The Bertz CT molecular complexity index is 874. The molecule has 0 bridgehead atoms. The number of benzene rings is 2. The molecule has 0 radical (unpaired) electrons. The minimum atomic E-state index is -4.53. The summed E-state index contributed by atoms with van der Waals surface area (Å²) in [6.07, 6.45) is -4.53. The number of aromatic nitrogens is 2. The van der Waals surface area contributed by atoms with Crippen molar-refractivity contribution < 1.29 is 18.3 Å². The molecule has 0 unspecified atom stereocenters. The molecule has 2 N–H and O–H groups in total. The van der Waals surface area contributed by atoms with Crippen LogP contribution in [0.1, 0.15) is 5.56 Å². The van der Waals surface area contributed by atoms with Crippen LogP contribution in [-0.2, 0) is 6.18 Å². The van der Waals surface area contributed by atoms with Gasteiger partial charge in [-0.2, -0.15) is 13.2 Å². The molecule has 1 heterocycles. The summed E-state index contributed by atoms with van der Waals surface area (Å²) >= 11 is 11.9. The molecular weight excluding hydrogens is 340 g/mol. The van der Waals surface area contributed by atoms with Crippen molar-refractivity contribution in [1.29, 1.82) is 0 Å². The summed E-state index contributed by atoms with van der Waals surface area (Å²) in [4.78, 5) is 7.06. The molecule has 0 aliphatic rings. The molecule has 3 nitrogen and oxygen atoms in total. The summed E-state index contributed by atoms with van der Waals surface area (Å²) < 4.78 is 37.8. The largest absolute Gasteiger partial charge is 0.507 e. The molecule has 22 heavy (non-hydrogen) atoms. The summed E-state index contributed by atoms with van der Waals surface area (Å²) in [5, 5.41) is 10.5. The van der Waals surface area contributed by atoms with Gasteiger partial charge in [-0.05, 0) is 30.3 Å². The van der Waals surface area contributed by atoms with E-state index in [1.165, 1.54) is 6.07 Å². The third-order valence-electron chi connectivity index (χ3n) is 3.09. The molecule has 0 saturated carbocycles. The lowest BCUT2D eigenvalue weighted by Crippen LogP contribution is -2.04. The number of fused-ring (bicyclic) bond motifs is 1. The van der Waals surface area contributed by atoms with Crippen molar-refractivity contribution >= 4 is 34.2 Å². The van der Waals surface area contributed by atoms with Gasteiger partial charge in [0.2, 0.25) is 0 Å². The number of imidazole rings is 1. The van der Waals surface area contributed by atoms with Gasteiger partial charge in [0.1, 0.15) is 17.1 Å². The Morgan fingerprint density at radius 2 is 1.82 bits per heavy atom. The Labute approximate surface area is 132 Å². The average Bonchev–Trinajstić information content (AvgIpc) is 2.81. The van der Waals surface area contributed by atoms with Gasteiger partial charge in [0, 0.05) is 5.02 Å². The van der Waals surface area contributed by atoms with Crippen LogP contribution in [0.4, 0.5) is 13.2 Å². The maximum Gasteiger partial charge on any atom is 0.416 e. The molecule has 2 aromatic carbocycles. The molecule has 0 fully saturated rings. The van der Waals surface area contributed by atoms with E-state index in [4.69, 9.17) is 23.2 Å². The van der Waals surface area contributed by atoms with Crippen molar-refractivity contribution in [3.05, 3.63) is 45.9 Å². The van der Waals surface area contributed by atoms with Gasteiger partial charge in [-0.15, -0.1) is 0 Å². The molecule has 3 rings (SSSR count). The first-order valence-corrected chi connectivity index (χ1v) is 6.76. The predicted octanol–water partition coefficient (Wildman–Crippen LogP) is 5.26. The summed E-state index contributed by atoms with van der Waals surface area (Å²) in [6, 6.07) is 5.75. The van der Waals surface area contributed by atoms with Gasteiger partial charge in [-0.3, -0.25) is 0 Å². The van der Waals surface area contributed by atoms with Crippen LogP contribution in [0.5, 0.6) is 5.75 Å². The zero-order chi connectivity index (χ0) is 16.1. The minimum absolute atomic E-state index is 0.136. The highest BCUT2D eigenvalue weighted by molar-refractivity contribution is 6.38. The smallest absolute Gasteiger partial charge is 0.416 e. The standard InChI is InChI=1S/C14H7Cl2F3N2O/c15-7-4-9(16)12-10(5-7)20-13(21-12)8-2-1-6(3-11(8)22)14(17,18)19/h1-5,22H,(H,20,21). The van der Waals surface area contributed by atoms with E-state index >= 15 is 0 Å². The number of hydrogen-bond donors (Lipinski definition) is 2. The van der Waals surface area contributed by atoms with Gasteiger partial charge < -0.3 is 10.1 Å². The molecule has 8 heteroatoms. The topological polar surface area (TPSA) is 48.9 Å². The van der Waals surface area contributed by atoms with Crippen LogP contribution in [0.25, 0.3) is 22.4 Å². The van der Waals surface area contributed by atoms with Gasteiger partial charge in [0.25, 0.3) is 0 Å². The van der Waals surface area contributed by atoms with Crippen LogP contribution in [-0.4, -0.2) is 15.1 Å². The van der Waals surface area contributed by atoms with Crippen LogP contribution < -0.4 is 0 Å². The lowest BCUT2D eigenvalue weighted by Gasteiger charge is -2.08. The SMILES string of the molecule is Oc1cc(C(F)(F)F)ccc1-c1nc2c(Cl)cc(Cl)cc2[nH]1. The number of rotatable bonds is 1. The molecule has 0 aliphatic carbocycles. The van der Waals surface area contributed by atoms with Crippen LogP contribution in [0.3, 0.4) is 0 Å². The first kappa shape index (κ1) is 15.0. The molecule has 114 valence electrons. The van der Waals surface area contributed by atoms with Crippen LogP contribution in [0.2, 0.25) is 10.0 Å². The Morgan fingerprint density at radius 3 is 2.45 bits per heavy atom. The van der Waals surface area contributed by atoms with Gasteiger partial charge in [-0.25, -0.2) is 4.98 Å². The maximum atomic E-state index is 12.6. The Balaban J connectivity index is 2.14. The van der Waals surface area contributed by atoms with E-state index in [0.717, 1.165) is 12.1 Å². The second-order valence-electron chi connectivity index (χ2n) is 4.60. The van der Waals surface area contributed by atoms with Crippen molar-refractivity contribution in [3.8, 4) is 17.1 Å². The molecule has 0 spiro atoms. The van der Waals surface area contributed by atoms with Crippen molar-refractivity contribution in [2.24, 2.45) is 0 Å². The average molecular weight is 347 g/mol. The highest BCUT2D eigenvalue weighted by Crippen LogP contribution is 2.37. The summed E-state index contributed by atoms with van der Waals surface area (Å²) in [6.45, 7) is 0. The fraction of sp³-hybridized carbons (Fsp3) is 0.0714. The van der Waals surface area contributed by atoms with E-state index in [9.17, 15) is 18.3 Å². The number of aromatic hydroxyl groups is 1. The molecule has 3 aromatic rings. The summed E-state index contributed by atoms with van der Waals surface area (Å²) in [5.74, 6) is -0.332. The van der Waals surface area contributed by atoms with Crippen molar-refractivity contribution in [2.45, 2.75) is 6.18 Å². The second-order valence-corrected chi connectivity index (χ2v) is 5.44. The van der Waals surface area contributed by atoms with Crippen LogP contribution in [0, 0.1) is 0 Å². The first-order chi connectivity index (χ1) is 10.3. The normalized spacial score (nSPS) is 12.0. The zero-order valence-corrected chi connectivity index (χ0v) is 12.2. The third-order valence-corrected chi connectivity index (χ3v) is 3.59. The highest BCUT2D eigenvalue weighted by atomic mass is 35.5. The van der Waals surface area contributed by atoms with E-state index in [2.05, 4.69) is 9.97 Å². The number of phenols is 1. The predicted molar refractivity (Wildman–Crippen MR) is 78.2 cm³/mol. The number of hydrogen-bond acceptors (Lipinski definition) is 2. The van der Waals surface area contributed by atoms with Crippen molar-refractivity contribution in [3.63, 3.8) is 0 Å². The Hall–Kier alpha value is -1.92. The van der Waals surface area contributed by atoms with Gasteiger partial charge in [-0.1, -0.05) is 23.2 Å². The van der Waals surface area contributed by atoms with E-state index in [-0.39, 0.29) is 11.4 Å². The fourth-order valence-corrected chi connectivity index (χ4v) is 2.61. The molecule has 0 amide bonds. The molecular formula is C14H7Cl2F3N2O. The number of nitrogens with one attached hydrogen (secondary N) is 1. The number of nitrogens with zero attached hydrogens (tertiary/aromatic N) is 1. The molecule has 0 aliphatic heterocycles. The molecule has 1 aromatic heterocycles. The van der Waals surface area contributed by atoms with E-state index in [1.807, 2.05) is 0 Å². The van der Waals surface area contributed by atoms with Crippen molar-refractivity contribution in [1.82, 2.24) is 9.97 Å². The quantitative estimate of drug-likeness (QED) is 0.631. The Kier molecular flexibility index (Phi) is 3.45. The zero-order valence-electron chi connectivity index (χ0n) is 10.7. The lowest BCUT2D eigenvalue weighted by molar-refractivity contribution is -0.137. The number of H-pyrrole nitrogens is 1. The number of aromatic amines is 1. The fourth-order valence-electron chi connectivity index (χ4n) is 2.08. The highest BCUT2D eigenvalue weighted by Gasteiger charge is 2.31. The molecule has 0 atom stereocenters. The van der Waals surface area contributed by atoms with Crippen LogP contribution >= 0.6 is 23.2 Å². The van der Waals surface area contributed by atoms with Crippen molar-refractivity contribution in [2.75, 3.05) is 0 Å². The lowest BCUT2D eigenvalue weighted by atomic mass is 10.1. The maximum absolute atomic E-state index is 12.6. The van der Waals surface area contributed by atoms with E-state index < -0.39 is 17.5 Å². The van der Waals surface area contributed by atoms with Gasteiger partial charge in [0.05, 0.1) is 21.7 Å². The monoisotopic (exact) mass is 346 g/mol. The molecule has 0 saturated heterocycles. The summed E-state index contributed by atoms with van der Waals surface area (Å²) in [5.41, 5.74) is 0.134. The number of phenolic OH excluding ortho intramolecular Hbond substituents is 1. The third kappa shape index (κ3) is 2.60. The number of alkyl halides is 3. The van der Waals surface area contributed by atoms with Crippen LogP contribution in [0.15, 0.2) is 30.3 Å². The summed E-state index contributed by atoms with van der Waals surface area (Å²) in [7, 11) is 0.